The first kappa shape index (κ1) is 12.5. The SMILES string of the molecule is Cc1cc2c(cc1C)[N+]([O-])=C(c1ccc(F)cc1)C2=O. The van der Waals surface area contributed by atoms with E-state index in [4.69, 9.17) is 0 Å². The summed E-state index contributed by atoms with van der Waals surface area (Å²) in [5, 5.41) is 12.3. The molecule has 3 nitrogen and oxygen atoms in total. The lowest BCUT2D eigenvalue weighted by molar-refractivity contribution is -0.355. The van der Waals surface area contributed by atoms with Gasteiger partial charge in [-0.3, -0.25) is 4.79 Å². The van der Waals surface area contributed by atoms with E-state index in [1.807, 2.05) is 13.8 Å². The molecule has 0 spiro atoms. The first-order valence-electron chi connectivity index (χ1n) is 6.25. The van der Waals surface area contributed by atoms with Gasteiger partial charge in [0, 0.05) is 6.07 Å². The molecule has 2 aromatic rings. The third kappa shape index (κ3) is 1.72. The number of halogens is 1. The molecule has 0 atom stereocenters. The molecule has 0 amide bonds. The smallest absolute Gasteiger partial charge is 0.272 e. The van der Waals surface area contributed by atoms with Crippen molar-refractivity contribution in [3.05, 3.63) is 69.7 Å². The van der Waals surface area contributed by atoms with Gasteiger partial charge < -0.3 is 5.21 Å². The molecule has 20 heavy (non-hydrogen) atoms. The highest BCUT2D eigenvalue weighted by molar-refractivity contribution is 6.52. The Bertz CT molecular complexity index is 761. The zero-order valence-corrected chi connectivity index (χ0v) is 11.1. The zero-order chi connectivity index (χ0) is 14.4. The average molecular weight is 269 g/mol. The fourth-order valence-corrected chi connectivity index (χ4v) is 2.35. The monoisotopic (exact) mass is 269 g/mol. The number of fused-ring (bicyclic) bond motifs is 1. The van der Waals surface area contributed by atoms with Crippen LogP contribution in [0.2, 0.25) is 0 Å². The van der Waals surface area contributed by atoms with E-state index < -0.39 is 5.82 Å². The fourth-order valence-electron chi connectivity index (χ4n) is 2.35. The predicted octanol–water partition coefficient (Wildman–Crippen LogP) is 3.27. The molecule has 0 aromatic heterocycles. The van der Waals surface area contributed by atoms with Crippen molar-refractivity contribution < 1.29 is 13.9 Å². The van der Waals surface area contributed by atoms with Crippen LogP contribution in [0.1, 0.15) is 27.0 Å². The number of benzene rings is 2. The molecule has 0 N–H and O–H groups in total. The van der Waals surface area contributed by atoms with E-state index in [9.17, 15) is 14.4 Å². The van der Waals surface area contributed by atoms with Gasteiger partial charge in [-0.2, -0.15) is 4.74 Å². The van der Waals surface area contributed by atoms with Gasteiger partial charge in [-0.05, 0) is 55.3 Å². The third-order valence-electron chi connectivity index (χ3n) is 3.61. The van der Waals surface area contributed by atoms with E-state index >= 15 is 0 Å². The maximum atomic E-state index is 13.0. The molecule has 4 heteroatoms. The highest BCUT2D eigenvalue weighted by Crippen LogP contribution is 2.30. The minimum absolute atomic E-state index is 0.0463. The topological polar surface area (TPSA) is 43.1 Å². The second-order valence-corrected chi connectivity index (χ2v) is 4.93. The van der Waals surface area contributed by atoms with Gasteiger partial charge in [0.05, 0.1) is 5.56 Å². The first-order valence-corrected chi connectivity index (χ1v) is 6.25. The van der Waals surface area contributed by atoms with Crippen LogP contribution in [-0.4, -0.2) is 16.2 Å². The van der Waals surface area contributed by atoms with Gasteiger partial charge in [-0.1, -0.05) is 0 Å². The summed E-state index contributed by atoms with van der Waals surface area (Å²) in [4.78, 5) is 12.4. The van der Waals surface area contributed by atoms with Crippen LogP contribution < -0.4 is 0 Å². The van der Waals surface area contributed by atoms with Crippen molar-refractivity contribution in [1.29, 1.82) is 0 Å². The summed E-state index contributed by atoms with van der Waals surface area (Å²) in [7, 11) is 0. The number of hydrogen-bond donors (Lipinski definition) is 0. The lowest BCUT2D eigenvalue weighted by atomic mass is 9.99. The van der Waals surface area contributed by atoms with E-state index in [-0.39, 0.29) is 11.5 Å². The van der Waals surface area contributed by atoms with E-state index in [0.717, 1.165) is 11.1 Å². The molecule has 1 aliphatic rings. The van der Waals surface area contributed by atoms with Crippen LogP contribution in [0.15, 0.2) is 36.4 Å². The molecule has 0 aliphatic carbocycles. The maximum absolute atomic E-state index is 13.0. The Morgan fingerprint density at radius 3 is 2.30 bits per heavy atom. The zero-order valence-electron chi connectivity index (χ0n) is 11.1. The van der Waals surface area contributed by atoms with Crippen LogP contribution >= 0.6 is 0 Å². The van der Waals surface area contributed by atoms with E-state index in [1.165, 1.54) is 24.3 Å². The largest absolute Gasteiger partial charge is 0.618 e. The molecule has 100 valence electrons. The average Bonchev–Trinajstić information content (AvgIpc) is 2.65. The summed E-state index contributed by atoms with van der Waals surface area (Å²) < 4.78 is 13.6. The Morgan fingerprint density at radius 2 is 1.65 bits per heavy atom. The van der Waals surface area contributed by atoms with Gasteiger partial charge >= 0.3 is 0 Å². The second kappa shape index (κ2) is 4.27. The van der Waals surface area contributed by atoms with Crippen molar-refractivity contribution in [2.45, 2.75) is 13.8 Å². The number of rotatable bonds is 1. The van der Waals surface area contributed by atoms with Gasteiger partial charge in [0.1, 0.15) is 11.4 Å². The molecule has 0 bridgehead atoms. The van der Waals surface area contributed by atoms with E-state index in [0.29, 0.717) is 21.6 Å². The lowest BCUT2D eigenvalue weighted by Crippen LogP contribution is -2.16. The van der Waals surface area contributed by atoms with Crippen LogP contribution in [0.25, 0.3) is 0 Å². The Labute approximate surface area is 115 Å². The van der Waals surface area contributed by atoms with E-state index in [1.54, 1.807) is 12.1 Å². The van der Waals surface area contributed by atoms with Crippen LogP contribution in [0.3, 0.4) is 0 Å². The highest BCUT2D eigenvalue weighted by Gasteiger charge is 2.36. The minimum Gasteiger partial charge on any atom is -0.618 e. The Balaban J connectivity index is 2.19. The molecular formula is C16H12FNO2. The molecular weight excluding hydrogens is 257 g/mol. The first-order chi connectivity index (χ1) is 9.49. The third-order valence-corrected chi connectivity index (χ3v) is 3.61. The molecule has 0 saturated carbocycles. The molecule has 0 radical (unpaired) electrons. The van der Waals surface area contributed by atoms with Crippen molar-refractivity contribution in [1.82, 2.24) is 0 Å². The Hall–Kier alpha value is -2.49. The van der Waals surface area contributed by atoms with Crippen molar-refractivity contribution >= 4 is 17.2 Å². The molecule has 3 rings (SSSR count). The van der Waals surface area contributed by atoms with Crippen molar-refractivity contribution in [3.63, 3.8) is 0 Å². The van der Waals surface area contributed by atoms with Crippen molar-refractivity contribution in [2.75, 3.05) is 0 Å². The molecule has 0 unspecified atom stereocenters. The standard InChI is InChI=1S/C16H12FNO2/c1-9-7-13-14(8-10(9)2)18(20)15(16(13)19)11-3-5-12(17)6-4-11/h3-8H,1-2H3. The van der Waals surface area contributed by atoms with Gasteiger partial charge in [0.25, 0.3) is 11.5 Å². The number of nitrogens with zero attached hydrogens (tertiary/aromatic N) is 1. The number of carbonyl (C=O) groups excluding carboxylic acids is 1. The molecule has 2 aromatic carbocycles. The fraction of sp³-hybridized carbons (Fsp3) is 0.125. The van der Waals surface area contributed by atoms with Crippen LogP contribution in [0.4, 0.5) is 10.1 Å². The van der Waals surface area contributed by atoms with E-state index in [2.05, 4.69) is 0 Å². The number of hydrogen-bond acceptors (Lipinski definition) is 2. The second-order valence-electron chi connectivity index (χ2n) is 4.93. The number of aryl methyl sites for hydroxylation is 2. The van der Waals surface area contributed by atoms with Crippen molar-refractivity contribution in [3.8, 4) is 0 Å². The van der Waals surface area contributed by atoms with Crippen LogP contribution in [0.5, 0.6) is 0 Å². The summed E-state index contributed by atoms with van der Waals surface area (Å²) >= 11 is 0. The number of carbonyl (C=O) groups is 1. The van der Waals surface area contributed by atoms with Crippen LogP contribution in [-0.2, 0) is 0 Å². The number of ketones is 1. The Morgan fingerprint density at radius 1 is 1.05 bits per heavy atom. The quantitative estimate of drug-likeness (QED) is 0.589. The molecule has 0 fully saturated rings. The van der Waals surface area contributed by atoms with Crippen molar-refractivity contribution in [2.24, 2.45) is 0 Å². The summed E-state index contributed by atoms with van der Waals surface area (Å²) in [6, 6.07) is 8.81. The highest BCUT2D eigenvalue weighted by atomic mass is 19.1. The minimum atomic E-state index is -0.401. The summed E-state index contributed by atoms with van der Waals surface area (Å²) in [5.74, 6) is -0.717. The van der Waals surface area contributed by atoms with Gasteiger partial charge in [-0.15, -0.1) is 0 Å². The summed E-state index contributed by atoms with van der Waals surface area (Å²) in [5.41, 5.74) is 3.16. The maximum Gasteiger partial charge on any atom is 0.272 e. The normalized spacial score (nSPS) is 13.8. The summed E-state index contributed by atoms with van der Waals surface area (Å²) in [6.45, 7) is 3.79. The lowest BCUT2D eigenvalue weighted by Gasteiger charge is -2.04. The predicted molar refractivity (Wildman–Crippen MR) is 74.0 cm³/mol. The molecule has 0 saturated heterocycles. The molecule has 1 heterocycles. The summed E-state index contributed by atoms with van der Waals surface area (Å²) in [6.07, 6.45) is 0. The molecule has 1 aliphatic heterocycles. The Kier molecular flexibility index (Phi) is 2.67. The van der Waals surface area contributed by atoms with Gasteiger partial charge in [0.2, 0.25) is 5.69 Å². The van der Waals surface area contributed by atoms with Gasteiger partial charge in [0.15, 0.2) is 0 Å². The number of Topliss-reactive ketones (excluding diaryl/α,β-unsaturated/α-hetero) is 1. The van der Waals surface area contributed by atoms with Crippen LogP contribution in [0, 0.1) is 24.9 Å². The van der Waals surface area contributed by atoms with Gasteiger partial charge in [-0.25, -0.2) is 4.39 Å².